The van der Waals surface area contributed by atoms with Crippen LogP contribution in [0.5, 0.6) is 5.88 Å². The van der Waals surface area contributed by atoms with E-state index in [0.717, 1.165) is 17.1 Å². The summed E-state index contributed by atoms with van der Waals surface area (Å²) in [6, 6.07) is 3.29. The van der Waals surface area contributed by atoms with Gasteiger partial charge in [0, 0.05) is 25.9 Å². The third-order valence-corrected chi connectivity index (χ3v) is 3.46. The largest absolute Gasteiger partial charge is 0.476 e. The maximum atomic E-state index is 11.5. The molecular weight excluding hydrogens is 306 g/mol. The van der Waals surface area contributed by atoms with Gasteiger partial charge in [-0.15, -0.1) is 0 Å². The minimum atomic E-state index is -0.712. The molecule has 0 unspecified atom stereocenters. The lowest BCUT2D eigenvalue weighted by Crippen LogP contribution is -2.25. The van der Waals surface area contributed by atoms with E-state index in [1.165, 1.54) is 7.05 Å². The van der Waals surface area contributed by atoms with Gasteiger partial charge in [0.1, 0.15) is 10.6 Å². The number of anilines is 1. The monoisotopic (exact) mass is 321 g/mol. The third-order valence-electron chi connectivity index (χ3n) is 2.71. The molecule has 0 bridgehead atoms. The highest BCUT2D eigenvalue weighted by Gasteiger charge is 2.21. The second-order valence-corrected chi connectivity index (χ2v) is 4.99. The Morgan fingerprint density at radius 2 is 2.27 bits per heavy atom. The molecule has 0 fully saturated rings. The number of aromatic nitrogens is 2. The first-order chi connectivity index (χ1) is 10.6. The SMILES string of the molecule is CNC(=O)Nc1snc(OCCc2cccnc2)c1C(N)=O. The van der Waals surface area contributed by atoms with Crippen LogP contribution in [0.25, 0.3) is 0 Å². The van der Waals surface area contributed by atoms with E-state index >= 15 is 0 Å². The van der Waals surface area contributed by atoms with E-state index in [9.17, 15) is 9.59 Å². The Morgan fingerprint density at radius 1 is 1.45 bits per heavy atom. The number of nitrogens with two attached hydrogens (primary N) is 1. The molecule has 0 atom stereocenters. The zero-order valence-corrected chi connectivity index (χ0v) is 12.6. The molecule has 116 valence electrons. The molecule has 0 aliphatic carbocycles. The van der Waals surface area contributed by atoms with Crippen LogP contribution in [-0.2, 0) is 6.42 Å². The summed E-state index contributed by atoms with van der Waals surface area (Å²) in [7, 11) is 1.46. The summed E-state index contributed by atoms with van der Waals surface area (Å²) in [6.07, 6.45) is 4.03. The molecule has 0 spiro atoms. The molecule has 2 aromatic rings. The summed E-state index contributed by atoms with van der Waals surface area (Å²) in [6.45, 7) is 0.315. The van der Waals surface area contributed by atoms with Crippen LogP contribution >= 0.6 is 11.5 Å². The molecule has 2 heterocycles. The Labute approximate surface area is 130 Å². The van der Waals surface area contributed by atoms with Gasteiger partial charge >= 0.3 is 6.03 Å². The van der Waals surface area contributed by atoms with E-state index in [4.69, 9.17) is 10.5 Å². The van der Waals surface area contributed by atoms with Crippen molar-refractivity contribution < 1.29 is 14.3 Å². The van der Waals surface area contributed by atoms with Gasteiger partial charge in [0.25, 0.3) is 5.91 Å². The highest BCUT2D eigenvalue weighted by atomic mass is 32.1. The molecule has 0 saturated heterocycles. The van der Waals surface area contributed by atoms with Crippen LogP contribution in [0.1, 0.15) is 15.9 Å². The van der Waals surface area contributed by atoms with Gasteiger partial charge in [-0.3, -0.25) is 15.1 Å². The molecule has 4 N–H and O–H groups in total. The second kappa shape index (κ2) is 7.36. The van der Waals surface area contributed by atoms with Crippen molar-refractivity contribution in [3.05, 3.63) is 35.7 Å². The molecule has 2 aromatic heterocycles. The number of pyridine rings is 1. The Hall–Kier alpha value is -2.68. The van der Waals surface area contributed by atoms with Crippen LogP contribution in [0.4, 0.5) is 9.80 Å². The normalized spacial score (nSPS) is 10.0. The minimum absolute atomic E-state index is 0.0692. The van der Waals surface area contributed by atoms with Crippen molar-refractivity contribution in [3.8, 4) is 5.88 Å². The number of ether oxygens (including phenoxy) is 1. The lowest BCUT2D eigenvalue weighted by atomic mass is 10.2. The van der Waals surface area contributed by atoms with Gasteiger partial charge in [-0.1, -0.05) is 6.07 Å². The zero-order chi connectivity index (χ0) is 15.9. The quantitative estimate of drug-likeness (QED) is 0.733. The number of amides is 3. The molecule has 3 amide bonds. The van der Waals surface area contributed by atoms with E-state index in [2.05, 4.69) is 20.0 Å². The summed E-state index contributed by atoms with van der Waals surface area (Å²) in [5.41, 5.74) is 6.40. The fraction of sp³-hybridized carbons (Fsp3) is 0.231. The lowest BCUT2D eigenvalue weighted by Gasteiger charge is -2.06. The van der Waals surface area contributed by atoms with Crippen LogP contribution in [-0.4, -0.2) is 35.0 Å². The third kappa shape index (κ3) is 3.92. The van der Waals surface area contributed by atoms with Crippen molar-refractivity contribution in [2.45, 2.75) is 6.42 Å². The molecule has 0 aliphatic heterocycles. The highest BCUT2D eigenvalue weighted by molar-refractivity contribution is 7.11. The molecule has 0 saturated carbocycles. The molecule has 0 aliphatic rings. The lowest BCUT2D eigenvalue weighted by molar-refractivity contribution is 0.0997. The Kier molecular flexibility index (Phi) is 5.26. The Bertz CT molecular complexity index is 659. The number of carbonyl (C=O) groups excluding carboxylic acids is 2. The minimum Gasteiger partial charge on any atom is -0.476 e. The number of nitrogens with one attached hydrogen (secondary N) is 2. The van der Waals surface area contributed by atoms with Crippen molar-refractivity contribution in [2.75, 3.05) is 19.0 Å². The summed E-state index contributed by atoms with van der Waals surface area (Å²) in [5.74, 6) is -0.593. The van der Waals surface area contributed by atoms with Gasteiger partial charge in [0.2, 0.25) is 5.88 Å². The molecule has 0 aromatic carbocycles. The van der Waals surface area contributed by atoms with E-state index in [1.54, 1.807) is 12.4 Å². The maximum absolute atomic E-state index is 11.5. The van der Waals surface area contributed by atoms with Crippen LogP contribution in [0.15, 0.2) is 24.5 Å². The van der Waals surface area contributed by atoms with Crippen molar-refractivity contribution in [2.24, 2.45) is 5.73 Å². The van der Waals surface area contributed by atoms with Gasteiger partial charge in [-0.2, -0.15) is 4.37 Å². The van der Waals surface area contributed by atoms with E-state index in [1.807, 2.05) is 12.1 Å². The first-order valence-electron chi connectivity index (χ1n) is 6.41. The van der Waals surface area contributed by atoms with E-state index in [-0.39, 0.29) is 16.4 Å². The van der Waals surface area contributed by atoms with Crippen LogP contribution in [0.3, 0.4) is 0 Å². The number of nitrogens with zero attached hydrogens (tertiary/aromatic N) is 2. The van der Waals surface area contributed by atoms with E-state index < -0.39 is 11.9 Å². The summed E-state index contributed by atoms with van der Waals surface area (Å²) in [4.78, 5) is 26.9. The number of hydrogen-bond acceptors (Lipinski definition) is 6. The number of hydrogen-bond donors (Lipinski definition) is 3. The van der Waals surface area contributed by atoms with Crippen LogP contribution < -0.4 is 21.1 Å². The smallest absolute Gasteiger partial charge is 0.319 e. The molecule has 22 heavy (non-hydrogen) atoms. The van der Waals surface area contributed by atoms with Crippen molar-refractivity contribution in [1.82, 2.24) is 14.7 Å². The van der Waals surface area contributed by atoms with Crippen molar-refractivity contribution >= 4 is 28.5 Å². The number of carbonyl (C=O) groups is 2. The molecule has 2 rings (SSSR count). The van der Waals surface area contributed by atoms with Crippen molar-refractivity contribution in [1.29, 1.82) is 0 Å². The number of rotatable bonds is 6. The average molecular weight is 321 g/mol. The predicted octanol–water partition coefficient (Wildman–Crippen LogP) is 1.01. The number of primary amides is 1. The zero-order valence-electron chi connectivity index (χ0n) is 11.8. The Morgan fingerprint density at radius 3 is 2.91 bits per heavy atom. The molecule has 9 heteroatoms. The average Bonchev–Trinajstić information content (AvgIpc) is 2.91. The summed E-state index contributed by atoms with van der Waals surface area (Å²) >= 11 is 0.934. The number of urea groups is 1. The van der Waals surface area contributed by atoms with Gasteiger partial charge in [-0.25, -0.2) is 4.79 Å². The van der Waals surface area contributed by atoms with Gasteiger partial charge < -0.3 is 15.8 Å². The molecular formula is C13H15N5O3S. The summed E-state index contributed by atoms with van der Waals surface area (Å²) < 4.78 is 9.51. The van der Waals surface area contributed by atoms with Crippen LogP contribution in [0.2, 0.25) is 0 Å². The fourth-order valence-corrected chi connectivity index (χ4v) is 2.39. The maximum Gasteiger partial charge on any atom is 0.319 e. The summed E-state index contributed by atoms with van der Waals surface area (Å²) in [5, 5.41) is 5.12. The molecule has 0 radical (unpaired) electrons. The second-order valence-electron chi connectivity index (χ2n) is 4.22. The standard InChI is InChI=1S/C13H15N5O3S/c1-15-13(20)17-12-9(10(14)19)11(18-22-12)21-6-4-8-3-2-5-16-7-8/h2-3,5,7H,4,6H2,1H3,(H2,14,19)(H2,15,17,20). The first-order valence-corrected chi connectivity index (χ1v) is 7.19. The van der Waals surface area contributed by atoms with E-state index in [0.29, 0.717) is 13.0 Å². The van der Waals surface area contributed by atoms with Crippen LogP contribution in [0, 0.1) is 0 Å². The fourth-order valence-electron chi connectivity index (χ4n) is 1.65. The molecule has 8 nitrogen and oxygen atoms in total. The first kappa shape index (κ1) is 15.7. The topological polar surface area (TPSA) is 119 Å². The van der Waals surface area contributed by atoms with Gasteiger partial charge in [0.15, 0.2) is 0 Å². The Balaban J connectivity index is 2.04. The highest BCUT2D eigenvalue weighted by Crippen LogP contribution is 2.30. The van der Waals surface area contributed by atoms with Gasteiger partial charge in [-0.05, 0) is 23.2 Å². The van der Waals surface area contributed by atoms with Crippen molar-refractivity contribution in [3.63, 3.8) is 0 Å². The van der Waals surface area contributed by atoms with Gasteiger partial charge in [0.05, 0.1) is 6.61 Å². The predicted molar refractivity (Wildman–Crippen MR) is 82.1 cm³/mol.